The van der Waals surface area contributed by atoms with Crippen LogP contribution in [0.4, 0.5) is 5.82 Å². The molecule has 10 heteroatoms. The van der Waals surface area contributed by atoms with E-state index in [2.05, 4.69) is 20.6 Å². The number of hydrogen-bond acceptors (Lipinski definition) is 6. The van der Waals surface area contributed by atoms with E-state index in [1.54, 1.807) is 36.5 Å². The van der Waals surface area contributed by atoms with Crippen LogP contribution < -0.4 is 22.2 Å². The lowest BCUT2D eigenvalue weighted by molar-refractivity contribution is 0.0991. The second-order valence-electron chi connectivity index (χ2n) is 8.87. The molecule has 0 bridgehead atoms. The van der Waals surface area contributed by atoms with E-state index in [9.17, 15) is 9.59 Å². The summed E-state index contributed by atoms with van der Waals surface area (Å²) in [7, 11) is 0. The van der Waals surface area contributed by atoms with Gasteiger partial charge in [0.1, 0.15) is 17.3 Å². The zero-order valence-electron chi connectivity index (χ0n) is 19.9. The van der Waals surface area contributed by atoms with Gasteiger partial charge in [-0.15, -0.1) is 0 Å². The van der Waals surface area contributed by atoms with E-state index in [0.29, 0.717) is 33.5 Å². The molecule has 1 fully saturated rings. The predicted molar refractivity (Wildman–Crippen MR) is 144 cm³/mol. The van der Waals surface area contributed by atoms with Gasteiger partial charge in [0, 0.05) is 22.3 Å². The molecule has 37 heavy (non-hydrogen) atoms. The zero-order valence-corrected chi connectivity index (χ0v) is 20.7. The maximum Gasteiger partial charge on any atom is 0.269 e. The third-order valence-corrected chi connectivity index (χ3v) is 6.65. The van der Waals surface area contributed by atoms with Crippen LogP contribution in [0, 0.1) is 0 Å². The first-order valence-corrected chi connectivity index (χ1v) is 12.3. The normalized spacial score (nSPS) is 15.3. The Morgan fingerprint density at radius 2 is 1.73 bits per heavy atom. The number of nitrogen functional groups attached to an aromatic ring is 1. The van der Waals surface area contributed by atoms with Crippen LogP contribution >= 0.6 is 11.6 Å². The molecular weight excluding hydrogens is 490 g/mol. The van der Waals surface area contributed by atoms with Crippen LogP contribution in [0.15, 0.2) is 66.9 Å². The minimum absolute atomic E-state index is 0.0493. The van der Waals surface area contributed by atoms with Gasteiger partial charge in [0.2, 0.25) is 0 Å². The first-order valence-electron chi connectivity index (χ1n) is 12.0. The average Bonchev–Trinajstić information content (AvgIpc) is 3.27. The lowest BCUT2D eigenvalue weighted by atomic mass is 10.0. The van der Waals surface area contributed by atoms with Crippen molar-refractivity contribution >= 4 is 29.2 Å². The third kappa shape index (κ3) is 5.18. The Morgan fingerprint density at radius 1 is 1.00 bits per heavy atom. The molecule has 4 aromatic rings. The Morgan fingerprint density at radius 3 is 2.41 bits per heavy atom. The standard InChI is InChI=1S/C27H26ClN7O2/c28-20-10-8-16(9-11-20)19-12-14-32-22(15-19)33-27(37)18-6-4-17(5-7-18)23-24(25(29)36)35(30)26(34-23)21-3-1-2-13-31-21/h4-12,14-15,21,31H,1-3,13,30H2,(H2,29,36)(H,32,33,37)/t21-/m0/s1. The molecule has 1 atom stereocenters. The van der Waals surface area contributed by atoms with Crippen molar-refractivity contribution in [3.05, 3.63) is 89.0 Å². The van der Waals surface area contributed by atoms with Gasteiger partial charge in [0.05, 0.1) is 6.04 Å². The number of imidazole rings is 1. The van der Waals surface area contributed by atoms with E-state index in [1.807, 2.05) is 30.3 Å². The molecule has 5 rings (SSSR count). The van der Waals surface area contributed by atoms with E-state index >= 15 is 0 Å². The van der Waals surface area contributed by atoms with Crippen LogP contribution in [-0.2, 0) is 0 Å². The van der Waals surface area contributed by atoms with Crippen molar-refractivity contribution in [3.8, 4) is 22.4 Å². The predicted octanol–water partition coefficient (Wildman–Crippen LogP) is 4.15. The molecule has 1 aliphatic heterocycles. The first kappa shape index (κ1) is 24.5. The van der Waals surface area contributed by atoms with Crippen LogP contribution in [-0.4, -0.2) is 33.0 Å². The van der Waals surface area contributed by atoms with Crippen molar-refractivity contribution < 1.29 is 9.59 Å². The van der Waals surface area contributed by atoms with Gasteiger partial charge in [-0.1, -0.05) is 42.3 Å². The molecule has 0 aliphatic carbocycles. The Bertz CT molecular complexity index is 1440. The van der Waals surface area contributed by atoms with Crippen LogP contribution in [0.3, 0.4) is 0 Å². The second-order valence-corrected chi connectivity index (χ2v) is 9.31. The number of carbonyl (C=O) groups is 2. The number of nitrogens with one attached hydrogen (secondary N) is 2. The van der Waals surface area contributed by atoms with Gasteiger partial charge in [-0.2, -0.15) is 0 Å². The number of benzene rings is 2. The molecule has 9 nitrogen and oxygen atoms in total. The first-order chi connectivity index (χ1) is 17.9. The fourth-order valence-corrected chi connectivity index (χ4v) is 4.62. The van der Waals surface area contributed by atoms with Crippen LogP contribution in [0.1, 0.15) is 52.0 Å². The highest BCUT2D eigenvalue weighted by atomic mass is 35.5. The summed E-state index contributed by atoms with van der Waals surface area (Å²) in [6, 6.07) is 17.8. The number of primary amides is 1. The van der Waals surface area contributed by atoms with Crippen LogP contribution in [0.25, 0.3) is 22.4 Å². The van der Waals surface area contributed by atoms with Crippen molar-refractivity contribution in [2.45, 2.75) is 25.3 Å². The molecule has 1 saturated heterocycles. The highest BCUT2D eigenvalue weighted by Crippen LogP contribution is 2.29. The molecule has 0 radical (unpaired) electrons. The molecule has 6 N–H and O–H groups in total. The number of hydrogen-bond donors (Lipinski definition) is 4. The molecule has 3 heterocycles. The SMILES string of the molecule is NC(=O)c1c(-c2ccc(C(=O)Nc3cc(-c4ccc(Cl)cc4)ccn3)cc2)nc([C@@H]2CCCCN2)n1N. The number of rotatable bonds is 6. The summed E-state index contributed by atoms with van der Waals surface area (Å²) in [5.74, 6) is 6.23. The van der Waals surface area contributed by atoms with Crippen molar-refractivity contribution in [1.29, 1.82) is 0 Å². The maximum atomic E-state index is 12.9. The van der Waals surface area contributed by atoms with Gasteiger partial charge in [-0.3, -0.25) is 9.59 Å². The summed E-state index contributed by atoms with van der Waals surface area (Å²) in [4.78, 5) is 34.0. The maximum absolute atomic E-state index is 12.9. The van der Waals surface area contributed by atoms with E-state index in [4.69, 9.17) is 23.2 Å². The van der Waals surface area contributed by atoms with Gasteiger partial charge < -0.3 is 22.2 Å². The fraction of sp³-hybridized carbons (Fsp3) is 0.185. The number of nitrogens with two attached hydrogens (primary N) is 2. The number of anilines is 1. The number of piperidine rings is 1. The monoisotopic (exact) mass is 515 g/mol. The van der Waals surface area contributed by atoms with Crippen molar-refractivity contribution in [3.63, 3.8) is 0 Å². The third-order valence-electron chi connectivity index (χ3n) is 6.39. The molecule has 0 unspecified atom stereocenters. The summed E-state index contributed by atoms with van der Waals surface area (Å²) in [5.41, 5.74) is 9.07. The Kier molecular flexibility index (Phi) is 6.89. The molecule has 0 spiro atoms. The minimum Gasteiger partial charge on any atom is -0.364 e. The number of aromatic nitrogens is 3. The van der Waals surface area contributed by atoms with E-state index in [-0.39, 0.29) is 17.6 Å². The number of carbonyl (C=O) groups excluding carboxylic acids is 2. The van der Waals surface area contributed by atoms with Crippen LogP contribution in [0.5, 0.6) is 0 Å². The second kappa shape index (κ2) is 10.4. The average molecular weight is 516 g/mol. The lowest BCUT2D eigenvalue weighted by Crippen LogP contribution is -2.32. The molecule has 188 valence electrons. The molecule has 1 aliphatic rings. The van der Waals surface area contributed by atoms with Crippen molar-refractivity contribution in [2.75, 3.05) is 17.7 Å². The summed E-state index contributed by atoms with van der Waals surface area (Å²) in [5, 5.41) is 6.87. The van der Waals surface area contributed by atoms with Gasteiger partial charge in [0.15, 0.2) is 5.69 Å². The smallest absolute Gasteiger partial charge is 0.269 e. The molecule has 2 aromatic heterocycles. The van der Waals surface area contributed by atoms with Crippen LogP contribution in [0.2, 0.25) is 5.02 Å². The number of nitrogens with zero attached hydrogens (tertiary/aromatic N) is 3. The Balaban J connectivity index is 1.36. The zero-order chi connectivity index (χ0) is 25.9. The molecule has 0 saturated carbocycles. The summed E-state index contributed by atoms with van der Waals surface area (Å²) in [6.07, 6.45) is 4.64. The van der Waals surface area contributed by atoms with Gasteiger partial charge in [0.25, 0.3) is 11.8 Å². The van der Waals surface area contributed by atoms with Gasteiger partial charge in [-0.05, 0) is 66.9 Å². The highest BCUT2D eigenvalue weighted by molar-refractivity contribution is 6.30. The topological polar surface area (TPSA) is 141 Å². The number of halogens is 1. The van der Waals surface area contributed by atoms with Crippen molar-refractivity contribution in [2.24, 2.45) is 5.73 Å². The summed E-state index contributed by atoms with van der Waals surface area (Å²) >= 11 is 5.98. The van der Waals surface area contributed by atoms with E-state index in [0.717, 1.165) is 36.9 Å². The largest absolute Gasteiger partial charge is 0.364 e. The molecular formula is C27H26ClN7O2. The number of pyridine rings is 1. The quantitative estimate of drug-likeness (QED) is 0.284. The molecule has 2 aromatic carbocycles. The van der Waals surface area contributed by atoms with E-state index in [1.165, 1.54) is 4.68 Å². The van der Waals surface area contributed by atoms with Crippen molar-refractivity contribution in [1.82, 2.24) is 20.0 Å². The molecule has 2 amide bonds. The fourth-order valence-electron chi connectivity index (χ4n) is 4.49. The van der Waals surface area contributed by atoms with E-state index < -0.39 is 5.91 Å². The Labute approximate surface area is 218 Å². The lowest BCUT2D eigenvalue weighted by Gasteiger charge is -2.22. The summed E-state index contributed by atoms with van der Waals surface area (Å²) < 4.78 is 1.28. The summed E-state index contributed by atoms with van der Waals surface area (Å²) in [6.45, 7) is 0.861. The number of amides is 2. The van der Waals surface area contributed by atoms with Gasteiger partial charge >= 0.3 is 0 Å². The Hall–Kier alpha value is -4.21. The highest BCUT2D eigenvalue weighted by Gasteiger charge is 2.27. The van der Waals surface area contributed by atoms with Gasteiger partial charge in [-0.25, -0.2) is 14.6 Å². The minimum atomic E-state index is -0.666.